The molecule has 0 amide bonds. The summed E-state index contributed by atoms with van der Waals surface area (Å²) in [7, 11) is 1.64. The van der Waals surface area contributed by atoms with Crippen LogP contribution in [-0.4, -0.2) is 25.7 Å². The van der Waals surface area contributed by atoms with Crippen molar-refractivity contribution in [3.8, 4) is 5.75 Å². The van der Waals surface area contributed by atoms with Crippen LogP contribution in [-0.2, 0) is 9.53 Å². The van der Waals surface area contributed by atoms with E-state index in [0.717, 1.165) is 17.0 Å². The molecule has 2 atom stereocenters. The standard InChI is InChI=1S/C18H19NO3/c1-3-22-18(20)17-16(13-7-5-4-6-8-13)19(17)14-9-11-15(21-2)12-10-14/h4-12,16-17H,3H2,1-2H3/t16-,17-,19?/m1/s1. The molecular weight excluding hydrogens is 278 g/mol. The molecule has 0 spiro atoms. The molecule has 22 heavy (non-hydrogen) atoms. The molecule has 0 N–H and O–H groups in total. The summed E-state index contributed by atoms with van der Waals surface area (Å²) in [5, 5.41) is 0. The van der Waals surface area contributed by atoms with Crippen molar-refractivity contribution in [1.82, 2.24) is 0 Å². The number of nitrogens with zero attached hydrogens (tertiary/aromatic N) is 1. The quantitative estimate of drug-likeness (QED) is 0.627. The molecule has 1 aliphatic rings. The molecule has 1 heterocycles. The zero-order valence-electron chi connectivity index (χ0n) is 12.7. The van der Waals surface area contributed by atoms with Gasteiger partial charge in [0.1, 0.15) is 5.75 Å². The molecule has 4 heteroatoms. The summed E-state index contributed by atoms with van der Waals surface area (Å²) in [4.78, 5) is 14.3. The monoisotopic (exact) mass is 297 g/mol. The first-order chi connectivity index (χ1) is 10.8. The van der Waals surface area contributed by atoms with E-state index < -0.39 is 0 Å². The first-order valence-corrected chi connectivity index (χ1v) is 7.40. The lowest BCUT2D eigenvalue weighted by Gasteiger charge is -2.07. The predicted molar refractivity (Wildman–Crippen MR) is 85.1 cm³/mol. The number of rotatable bonds is 5. The van der Waals surface area contributed by atoms with Crippen molar-refractivity contribution in [2.24, 2.45) is 0 Å². The molecule has 0 aliphatic carbocycles. The summed E-state index contributed by atoms with van der Waals surface area (Å²) >= 11 is 0. The Morgan fingerprint density at radius 2 is 1.77 bits per heavy atom. The van der Waals surface area contributed by atoms with E-state index >= 15 is 0 Å². The predicted octanol–water partition coefficient (Wildman–Crippen LogP) is 3.19. The molecule has 2 aromatic rings. The number of hydrogen-bond donors (Lipinski definition) is 0. The van der Waals surface area contributed by atoms with Gasteiger partial charge in [-0.2, -0.15) is 0 Å². The van der Waals surface area contributed by atoms with Crippen LogP contribution in [0.15, 0.2) is 54.6 Å². The average molecular weight is 297 g/mol. The highest BCUT2D eigenvalue weighted by atomic mass is 16.5. The van der Waals surface area contributed by atoms with Gasteiger partial charge in [0.25, 0.3) is 0 Å². The van der Waals surface area contributed by atoms with Crippen molar-refractivity contribution in [3.63, 3.8) is 0 Å². The number of carbonyl (C=O) groups is 1. The van der Waals surface area contributed by atoms with Gasteiger partial charge in [-0.25, -0.2) is 4.79 Å². The lowest BCUT2D eigenvalue weighted by atomic mass is 10.1. The summed E-state index contributed by atoms with van der Waals surface area (Å²) in [6.45, 7) is 2.23. The third-order valence-electron chi connectivity index (χ3n) is 3.85. The van der Waals surface area contributed by atoms with Gasteiger partial charge in [-0.3, -0.25) is 0 Å². The summed E-state index contributed by atoms with van der Waals surface area (Å²) in [6.07, 6.45) is 0. The van der Waals surface area contributed by atoms with Crippen LogP contribution >= 0.6 is 0 Å². The fourth-order valence-electron chi connectivity index (χ4n) is 2.77. The second kappa shape index (κ2) is 6.10. The second-order valence-electron chi connectivity index (χ2n) is 5.16. The van der Waals surface area contributed by atoms with Gasteiger partial charge in [-0.15, -0.1) is 0 Å². The van der Waals surface area contributed by atoms with E-state index in [0.29, 0.717) is 6.61 Å². The largest absolute Gasteiger partial charge is 0.497 e. The second-order valence-corrected chi connectivity index (χ2v) is 5.16. The molecule has 3 rings (SSSR count). The van der Waals surface area contributed by atoms with Crippen LogP contribution in [0.25, 0.3) is 0 Å². The van der Waals surface area contributed by atoms with Crippen LogP contribution in [0.2, 0.25) is 0 Å². The topological polar surface area (TPSA) is 38.5 Å². The Morgan fingerprint density at radius 3 is 2.36 bits per heavy atom. The first kappa shape index (κ1) is 14.4. The minimum atomic E-state index is -0.254. The number of anilines is 1. The smallest absolute Gasteiger partial charge is 0.331 e. The molecule has 4 nitrogen and oxygen atoms in total. The van der Waals surface area contributed by atoms with Gasteiger partial charge < -0.3 is 14.4 Å². The number of ether oxygens (including phenoxy) is 2. The van der Waals surface area contributed by atoms with Gasteiger partial charge in [0.15, 0.2) is 6.04 Å². The molecule has 114 valence electrons. The third kappa shape index (κ3) is 2.64. The maximum Gasteiger partial charge on any atom is 0.331 e. The number of esters is 1. The van der Waals surface area contributed by atoms with E-state index in [1.165, 1.54) is 0 Å². The van der Waals surface area contributed by atoms with Gasteiger partial charge in [-0.05, 0) is 36.8 Å². The SMILES string of the molecule is CCOC(=O)[C@H]1[C@@H](c2ccccc2)N1c1ccc(OC)cc1. The van der Waals surface area contributed by atoms with Gasteiger partial charge >= 0.3 is 5.97 Å². The Morgan fingerprint density at radius 1 is 1.09 bits per heavy atom. The fourth-order valence-corrected chi connectivity index (χ4v) is 2.77. The highest BCUT2D eigenvalue weighted by molar-refractivity contribution is 5.89. The number of hydrogen-bond acceptors (Lipinski definition) is 4. The van der Waals surface area contributed by atoms with Gasteiger partial charge in [0, 0.05) is 5.69 Å². The van der Waals surface area contributed by atoms with E-state index in [1.54, 1.807) is 7.11 Å². The van der Waals surface area contributed by atoms with E-state index in [2.05, 4.69) is 4.90 Å². The van der Waals surface area contributed by atoms with Crippen molar-refractivity contribution >= 4 is 11.7 Å². The maximum atomic E-state index is 12.2. The third-order valence-corrected chi connectivity index (χ3v) is 3.85. The summed E-state index contributed by atoms with van der Waals surface area (Å²) in [6, 6.07) is 17.6. The number of methoxy groups -OCH3 is 1. The van der Waals surface area contributed by atoms with Crippen LogP contribution < -0.4 is 9.64 Å². The Kier molecular flexibility index (Phi) is 4.00. The van der Waals surface area contributed by atoms with Crippen molar-refractivity contribution < 1.29 is 14.3 Å². The van der Waals surface area contributed by atoms with Crippen molar-refractivity contribution in [1.29, 1.82) is 0 Å². The highest BCUT2D eigenvalue weighted by Crippen LogP contribution is 2.47. The minimum Gasteiger partial charge on any atom is -0.497 e. The highest BCUT2D eigenvalue weighted by Gasteiger charge is 2.54. The molecule has 0 bridgehead atoms. The molecule has 1 aliphatic heterocycles. The Labute approximate surface area is 130 Å². The lowest BCUT2D eigenvalue weighted by molar-refractivity contribution is -0.142. The molecule has 0 aromatic heterocycles. The number of carbonyl (C=O) groups excluding carboxylic acids is 1. The Hall–Kier alpha value is -2.49. The molecule has 1 saturated heterocycles. The molecular formula is C18H19NO3. The first-order valence-electron chi connectivity index (χ1n) is 7.40. The number of benzene rings is 2. The average Bonchev–Trinajstić information content (AvgIpc) is 3.32. The van der Waals surface area contributed by atoms with E-state index in [9.17, 15) is 4.79 Å². The van der Waals surface area contributed by atoms with E-state index in [4.69, 9.17) is 9.47 Å². The van der Waals surface area contributed by atoms with Crippen LogP contribution in [0.4, 0.5) is 5.69 Å². The van der Waals surface area contributed by atoms with Crippen LogP contribution in [0.1, 0.15) is 18.5 Å². The molecule has 2 aromatic carbocycles. The zero-order valence-corrected chi connectivity index (χ0v) is 12.7. The normalized spacial score (nSPS) is 19.6. The summed E-state index contributed by atoms with van der Waals surface area (Å²) in [5.41, 5.74) is 2.11. The zero-order chi connectivity index (χ0) is 15.5. The van der Waals surface area contributed by atoms with Gasteiger partial charge in [0.05, 0.1) is 19.8 Å². The van der Waals surface area contributed by atoms with Crippen LogP contribution in [0.5, 0.6) is 5.75 Å². The lowest BCUT2D eigenvalue weighted by Crippen LogP contribution is -2.15. The van der Waals surface area contributed by atoms with Gasteiger partial charge in [-0.1, -0.05) is 30.3 Å². The van der Waals surface area contributed by atoms with E-state index in [1.807, 2.05) is 61.5 Å². The fraction of sp³-hybridized carbons (Fsp3) is 0.278. The molecule has 0 radical (unpaired) electrons. The molecule has 0 saturated carbocycles. The van der Waals surface area contributed by atoms with Crippen LogP contribution in [0.3, 0.4) is 0 Å². The maximum absolute atomic E-state index is 12.2. The van der Waals surface area contributed by atoms with Crippen molar-refractivity contribution in [2.75, 3.05) is 18.6 Å². The van der Waals surface area contributed by atoms with Crippen molar-refractivity contribution in [3.05, 3.63) is 60.2 Å². The summed E-state index contributed by atoms with van der Waals surface area (Å²) < 4.78 is 10.4. The summed E-state index contributed by atoms with van der Waals surface area (Å²) in [5.74, 6) is 0.627. The molecule has 0 unspecified atom stereocenters. The van der Waals surface area contributed by atoms with Gasteiger partial charge in [0.2, 0.25) is 0 Å². The molecule has 1 fully saturated rings. The van der Waals surface area contributed by atoms with Crippen LogP contribution in [0, 0.1) is 0 Å². The Balaban J connectivity index is 1.88. The minimum absolute atomic E-state index is 0.0358. The van der Waals surface area contributed by atoms with E-state index in [-0.39, 0.29) is 18.1 Å². The Bertz CT molecular complexity index is 639. The van der Waals surface area contributed by atoms with Crippen molar-refractivity contribution in [2.45, 2.75) is 19.0 Å².